The number of nitrogens with zero attached hydrogens (tertiary/aromatic N) is 3. The van der Waals surface area contributed by atoms with E-state index in [1.54, 1.807) is 12.5 Å². The quantitative estimate of drug-likeness (QED) is 0.755. The number of aromatic amines is 1. The van der Waals surface area contributed by atoms with Gasteiger partial charge in [-0.05, 0) is 11.5 Å². The Kier molecular flexibility index (Phi) is 2.50. The molecule has 0 unspecified atom stereocenters. The van der Waals surface area contributed by atoms with Crippen LogP contribution in [-0.2, 0) is 6.54 Å². The molecule has 0 fully saturated rings. The summed E-state index contributed by atoms with van der Waals surface area (Å²) >= 11 is 1.07. The molecule has 2 aromatic heterocycles. The van der Waals surface area contributed by atoms with E-state index in [1.165, 1.54) is 6.20 Å². The van der Waals surface area contributed by atoms with E-state index in [2.05, 4.69) is 24.9 Å². The number of carbonyl (C=O) groups excluding carboxylic acids is 1. The van der Waals surface area contributed by atoms with Gasteiger partial charge in [-0.15, -0.1) is 5.10 Å². The molecule has 2 aromatic rings. The summed E-state index contributed by atoms with van der Waals surface area (Å²) in [4.78, 5) is 18.6. The Labute approximate surface area is 83.5 Å². The molecule has 6 nitrogen and oxygen atoms in total. The van der Waals surface area contributed by atoms with Crippen molar-refractivity contribution in [1.29, 1.82) is 0 Å². The largest absolute Gasteiger partial charge is 0.347 e. The van der Waals surface area contributed by atoms with E-state index in [0.29, 0.717) is 11.4 Å². The third kappa shape index (κ3) is 1.94. The molecule has 2 N–H and O–H groups in total. The molecule has 72 valence electrons. The van der Waals surface area contributed by atoms with Crippen LogP contribution in [0.15, 0.2) is 18.7 Å². The monoisotopic (exact) mass is 209 g/mol. The molecular formula is C7H7N5OS. The van der Waals surface area contributed by atoms with E-state index >= 15 is 0 Å². The number of rotatable bonds is 3. The molecule has 0 bridgehead atoms. The molecule has 0 aliphatic carbocycles. The van der Waals surface area contributed by atoms with E-state index in [1.807, 2.05) is 0 Å². The minimum Gasteiger partial charge on any atom is -0.347 e. The van der Waals surface area contributed by atoms with Crippen molar-refractivity contribution in [3.63, 3.8) is 0 Å². The molecule has 0 atom stereocenters. The highest BCUT2D eigenvalue weighted by atomic mass is 32.1. The number of carbonyl (C=O) groups is 1. The van der Waals surface area contributed by atoms with Crippen molar-refractivity contribution in [2.24, 2.45) is 0 Å². The van der Waals surface area contributed by atoms with Crippen LogP contribution in [0.1, 0.15) is 15.4 Å². The molecule has 7 heteroatoms. The third-order valence-electron chi connectivity index (χ3n) is 1.58. The van der Waals surface area contributed by atoms with Gasteiger partial charge in [0.2, 0.25) is 0 Å². The highest BCUT2D eigenvalue weighted by Crippen LogP contribution is 2.01. The summed E-state index contributed by atoms with van der Waals surface area (Å²) in [5.41, 5.74) is 0.857. The first-order valence-corrected chi connectivity index (χ1v) is 4.66. The number of hydrogen-bond donors (Lipinski definition) is 2. The maximum Gasteiger partial charge on any atom is 0.264 e. The molecular weight excluding hydrogens is 202 g/mol. The van der Waals surface area contributed by atoms with Gasteiger partial charge in [0.25, 0.3) is 5.91 Å². The van der Waals surface area contributed by atoms with Crippen molar-refractivity contribution < 1.29 is 4.79 Å². The summed E-state index contributed by atoms with van der Waals surface area (Å²) in [7, 11) is 0. The normalized spacial score (nSPS) is 10.0. The molecule has 2 rings (SSSR count). The van der Waals surface area contributed by atoms with E-state index < -0.39 is 0 Å². The molecule has 0 aliphatic rings. The zero-order chi connectivity index (χ0) is 9.80. The lowest BCUT2D eigenvalue weighted by atomic mass is 10.4. The molecule has 1 amide bonds. The van der Waals surface area contributed by atoms with Gasteiger partial charge in [0.05, 0.1) is 24.8 Å². The van der Waals surface area contributed by atoms with Crippen molar-refractivity contribution in [2.75, 3.05) is 0 Å². The van der Waals surface area contributed by atoms with Crippen molar-refractivity contribution in [1.82, 2.24) is 24.9 Å². The van der Waals surface area contributed by atoms with Crippen molar-refractivity contribution in [2.45, 2.75) is 6.54 Å². The smallest absolute Gasteiger partial charge is 0.264 e. The number of aromatic nitrogens is 4. The second kappa shape index (κ2) is 3.97. The van der Waals surface area contributed by atoms with Crippen LogP contribution in [0.25, 0.3) is 0 Å². The number of nitrogens with one attached hydrogen (secondary N) is 2. The number of imidazole rings is 1. The van der Waals surface area contributed by atoms with Crippen LogP contribution >= 0.6 is 11.5 Å². The molecule has 0 aromatic carbocycles. The van der Waals surface area contributed by atoms with Crippen molar-refractivity contribution in [3.05, 3.63) is 29.3 Å². The van der Waals surface area contributed by atoms with Crippen LogP contribution in [0.5, 0.6) is 0 Å². The maximum atomic E-state index is 11.4. The van der Waals surface area contributed by atoms with Gasteiger partial charge >= 0.3 is 0 Å². The lowest BCUT2D eigenvalue weighted by Gasteiger charge is -1.99. The van der Waals surface area contributed by atoms with Crippen LogP contribution in [0.3, 0.4) is 0 Å². The molecule has 14 heavy (non-hydrogen) atoms. The number of amides is 1. The Balaban J connectivity index is 1.90. The van der Waals surface area contributed by atoms with Crippen molar-refractivity contribution >= 4 is 17.4 Å². The average Bonchev–Trinajstić information content (AvgIpc) is 2.87. The maximum absolute atomic E-state index is 11.4. The van der Waals surface area contributed by atoms with Crippen LogP contribution in [0.4, 0.5) is 0 Å². The summed E-state index contributed by atoms with van der Waals surface area (Å²) in [5, 5.41) is 6.28. The average molecular weight is 209 g/mol. The van der Waals surface area contributed by atoms with Crippen LogP contribution in [0.2, 0.25) is 0 Å². The first-order chi connectivity index (χ1) is 6.86. The topological polar surface area (TPSA) is 83.6 Å². The summed E-state index contributed by atoms with van der Waals surface area (Å²) < 4.78 is 3.60. The fourth-order valence-corrected chi connectivity index (χ4v) is 1.34. The Bertz CT molecular complexity index is 396. The lowest BCUT2D eigenvalue weighted by molar-refractivity contribution is 0.0954. The second-order valence-corrected chi connectivity index (χ2v) is 3.33. The first kappa shape index (κ1) is 8.82. The van der Waals surface area contributed by atoms with Gasteiger partial charge in [-0.3, -0.25) is 4.79 Å². The molecule has 0 saturated carbocycles. The van der Waals surface area contributed by atoms with Gasteiger partial charge in [-0.2, -0.15) is 0 Å². The summed E-state index contributed by atoms with van der Waals surface area (Å²) in [6.45, 7) is 0.427. The van der Waals surface area contributed by atoms with Gasteiger partial charge in [-0.1, -0.05) is 4.49 Å². The highest BCUT2D eigenvalue weighted by molar-refractivity contribution is 7.07. The second-order valence-electron chi connectivity index (χ2n) is 2.54. The Morgan fingerprint density at radius 2 is 2.50 bits per heavy atom. The summed E-state index contributed by atoms with van der Waals surface area (Å²) in [5.74, 6) is -0.172. The van der Waals surface area contributed by atoms with Crippen LogP contribution in [0, 0.1) is 0 Å². The highest BCUT2D eigenvalue weighted by Gasteiger charge is 2.07. The van der Waals surface area contributed by atoms with Gasteiger partial charge in [0.1, 0.15) is 4.88 Å². The Morgan fingerprint density at radius 1 is 1.57 bits per heavy atom. The fraction of sp³-hybridized carbons (Fsp3) is 0.143. The predicted molar refractivity (Wildman–Crippen MR) is 49.7 cm³/mol. The fourth-order valence-electron chi connectivity index (χ4n) is 0.911. The molecule has 0 aliphatic heterocycles. The molecule has 0 spiro atoms. The molecule has 2 heterocycles. The van der Waals surface area contributed by atoms with E-state index in [4.69, 9.17) is 0 Å². The zero-order valence-electron chi connectivity index (χ0n) is 7.10. The van der Waals surface area contributed by atoms with Gasteiger partial charge in [0, 0.05) is 6.20 Å². The predicted octanol–water partition coefficient (Wildman–Crippen LogP) is 0.191. The van der Waals surface area contributed by atoms with Gasteiger partial charge in [-0.25, -0.2) is 4.98 Å². The standard InChI is InChI=1S/C7H7N5OS/c13-7(6-3-11-12-14-6)9-2-5-1-8-4-10-5/h1,3-4H,2H2,(H,8,10)(H,9,13). The first-order valence-electron chi connectivity index (χ1n) is 3.89. The van der Waals surface area contributed by atoms with Crippen molar-refractivity contribution in [3.8, 4) is 0 Å². The van der Waals surface area contributed by atoms with Crippen LogP contribution < -0.4 is 5.32 Å². The lowest BCUT2D eigenvalue weighted by Crippen LogP contribution is -2.21. The summed E-state index contributed by atoms with van der Waals surface area (Å²) in [6, 6.07) is 0. The Morgan fingerprint density at radius 3 is 3.14 bits per heavy atom. The SMILES string of the molecule is O=C(NCc1cnc[nH]1)c1cnns1. The minimum atomic E-state index is -0.172. The number of hydrogen-bond acceptors (Lipinski definition) is 5. The van der Waals surface area contributed by atoms with Gasteiger partial charge < -0.3 is 10.3 Å². The number of H-pyrrole nitrogens is 1. The van der Waals surface area contributed by atoms with E-state index in [0.717, 1.165) is 17.2 Å². The Hall–Kier alpha value is -1.76. The zero-order valence-corrected chi connectivity index (χ0v) is 7.91. The minimum absolute atomic E-state index is 0.172. The van der Waals surface area contributed by atoms with Crippen LogP contribution in [-0.4, -0.2) is 25.5 Å². The molecule has 0 radical (unpaired) electrons. The molecule has 0 saturated heterocycles. The third-order valence-corrected chi connectivity index (χ3v) is 2.24. The van der Waals surface area contributed by atoms with Gasteiger partial charge in [0.15, 0.2) is 0 Å². The van der Waals surface area contributed by atoms with E-state index in [9.17, 15) is 4.79 Å². The van der Waals surface area contributed by atoms with E-state index in [-0.39, 0.29) is 5.91 Å². The summed E-state index contributed by atoms with van der Waals surface area (Å²) in [6.07, 6.45) is 4.66.